The van der Waals surface area contributed by atoms with Crippen LogP contribution in [-0.2, 0) is 9.59 Å². The Bertz CT molecular complexity index is 645. The lowest BCUT2D eigenvalue weighted by molar-refractivity contribution is -0.132. The van der Waals surface area contributed by atoms with E-state index in [1.54, 1.807) is 11.7 Å². The Morgan fingerprint density at radius 2 is 2.05 bits per heavy atom. The zero-order valence-electron chi connectivity index (χ0n) is 12.3. The van der Waals surface area contributed by atoms with Crippen molar-refractivity contribution in [3.05, 3.63) is 30.3 Å². The molecule has 1 N–H and O–H groups in total. The van der Waals surface area contributed by atoms with Gasteiger partial charge in [-0.15, -0.1) is 5.10 Å². The van der Waals surface area contributed by atoms with E-state index in [0.717, 1.165) is 5.69 Å². The van der Waals surface area contributed by atoms with Gasteiger partial charge in [-0.3, -0.25) is 9.59 Å². The fourth-order valence-electron chi connectivity index (χ4n) is 1.62. The van der Waals surface area contributed by atoms with Crippen LogP contribution in [0.5, 0.6) is 0 Å². The number of hydrogen-bond acceptors (Lipinski definition) is 6. The minimum absolute atomic E-state index is 0.0273. The molecule has 0 fully saturated rings. The zero-order chi connectivity index (χ0) is 15.9. The van der Waals surface area contributed by atoms with Crippen molar-refractivity contribution in [2.24, 2.45) is 0 Å². The van der Waals surface area contributed by atoms with Crippen LogP contribution in [0.3, 0.4) is 0 Å². The van der Waals surface area contributed by atoms with Gasteiger partial charge in [0, 0.05) is 14.1 Å². The van der Waals surface area contributed by atoms with Crippen molar-refractivity contribution in [1.29, 1.82) is 0 Å². The topological polar surface area (TPSA) is 93.0 Å². The molecule has 9 heteroatoms. The van der Waals surface area contributed by atoms with Crippen LogP contribution in [0.25, 0.3) is 5.69 Å². The molecule has 8 nitrogen and oxygen atoms in total. The fourth-order valence-corrected chi connectivity index (χ4v) is 2.45. The summed E-state index contributed by atoms with van der Waals surface area (Å²) in [7, 11) is 3.11. The normalized spacial score (nSPS) is 10.3. The number of para-hydroxylation sites is 1. The Balaban J connectivity index is 1.97. The molecule has 0 atom stereocenters. The molecular formula is C13H16N6O2S. The number of aromatic nitrogens is 4. The van der Waals surface area contributed by atoms with Crippen molar-refractivity contribution in [1.82, 2.24) is 30.4 Å². The van der Waals surface area contributed by atoms with E-state index in [1.807, 2.05) is 30.3 Å². The maximum absolute atomic E-state index is 12.0. The number of benzene rings is 1. The first-order valence-corrected chi connectivity index (χ1v) is 7.51. The number of nitrogens with zero attached hydrogens (tertiary/aromatic N) is 5. The van der Waals surface area contributed by atoms with E-state index in [4.69, 9.17) is 0 Å². The Labute approximate surface area is 131 Å². The van der Waals surface area contributed by atoms with Crippen LogP contribution in [0.4, 0.5) is 0 Å². The Morgan fingerprint density at radius 3 is 2.73 bits per heavy atom. The van der Waals surface area contributed by atoms with E-state index in [0.29, 0.717) is 5.16 Å². The largest absolute Gasteiger partial charge is 0.358 e. The number of carbonyl (C=O) groups is 2. The third-order valence-electron chi connectivity index (χ3n) is 2.85. The van der Waals surface area contributed by atoms with Crippen molar-refractivity contribution in [3.8, 4) is 5.69 Å². The van der Waals surface area contributed by atoms with Gasteiger partial charge >= 0.3 is 0 Å². The second kappa shape index (κ2) is 7.55. The van der Waals surface area contributed by atoms with Crippen LogP contribution in [0, 0.1) is 0 Å². The number of likely N-dealkylation sites (N-methyl/N-ethyl adjacent to an activating group) is 2. The highest BCUT2D eigenvalue weighted by Gasteiger charge is 2.15. The molecule has 2 rings (SSSR count). The molecule has 1 heterocycles. The van der Waals surface area contributed by atoms with Crippen LogP contribution in [0.1, 0.15) is 0 Å². The minimum Gasteiger partial charge on any atom is -0.358 e. The van der Waals surface area contributed by atoms with Gasteiger partial charge in [0.25, 0.3) is 0 Å². The lowest BCUT2D eigenvalue weighted by atomic mass is 10.3. The van der Waals surface area contributed by atoms with Crippen LogP contribution < -0.4 is 5.32 Å². The van der Waals surface area contributed by atoms with Gasteiger partial charge in [-0.2, -0.15) is 4.68 Å². The van der Waals surface area contributed by atoms with Gasteiger partial charge in [0.2, 0.25) is 17.0 Å². The first-order chi connectivity index (χ1) is 10.6. The first-order valence-electron chi connectivity index (χ1n) is 6.53. The van der Waals surface area contributed by atoms with E-state index < -0.39 is 0 Å². The number of rotatable bonds is 6. The van der Waals surface area contributed by atoms with Gasteiger partial charge in [-0.25, -0.2) is 0 Å². The summed E-state index contributed by atoms with van der Waals surface area (Å²) in [5.41, 5.74) is 0.821. The maximum Gasteiger partial charge on any atom is 0.239 e. The van der Waals surface area contributed by atoms with E-state index in [9.17, 15) is 9.59 Å². The molecule has 2 amide bonds. The highest BCUT2D eigenvalue weighted by molar-refractivity contribution is 7.99. The van der Waals surface area contributed by atoms with E-state index >= 15 is 0 Å². The van der Waals surface area contributed by atoms with Gasteiger partial charge in [-0.05, 0) is 22.6 Å². The van der Waals surface area contributed by atoms with E-state index in [-0.39, 0.29) is 24.1 Å². The Hall–Kier alpha value is -2.42. The molecule has 0 unspecified atom stereocenters. The van der Waals surface area contributed by atoms with Gasteiger partial charge in [0.05, 0.1) is 18.0 Å². The Morgan fingerprint density at radius 1 is 1.32 bits per heavy atom. The monoisotopic (exact) mass is 320 g/mol. The summed E-state index contributed by atoms with van der Waals surface area (Å²) in [4.78, 5) is 24.6. The number of nitrogens with one attached hydrogen (secondary N) is 1. The summed E-state index contributed by atoms with van der Waals surface area (Å²) >= 11 is 1.22. The Kier molecular flexibility index (Phi) is 5.48. The summed E-state index contributed by atoms with van der Waals surface area (Å²) in [6.07, 6.45) is 0. The average Bonchev–Trinajstić information content (AvgIpc) is 3.01. The van der Waals surface area contributed by atoms with Crippen LogP contribution in [-0.4, -0.2) is 63.3 Å². The van der Waals surface area contributed by atoms with Crippen LogP contribution in [0.2, 0.25) is 0 Å². The third-order valence-corrected chi connectivity index (χ3v) is 3.76. The van der Waals surface area contributed by atoms with Crippen molar-refractivity contribution < 1.29 is 9.59 Å². The number of amides is 2. The fraction of sp³-hybridized carbons (Fsp3) is 0.308. The average molecular weight is 320 g/mol. The molecule has 0 saturated carbocycles. The molecule has 1 aromatic carbocycles. The minimum atomic E-state index is -0.213. The molecule has 2 aromatic rings. The smallest absolute Gasteiger partial charge is 0.239 e. The van der Waals surface area contributed by atoms with Crippen molar-refractivity contribution in [2.75, 3.05) is 26.4 Å². The van der Waals surface area contributed by atoms with Gasteiger partial charge in [0.15, 0.2) is 0 Å². The highest BCUT2D eigenvalue weighted by atomic mass is 32.2. The van der Waals surface area contributed by atoms with E-state index in [2.05, 4.69) is 20.8 Å². The quantitative estimate of drug-likeness (QED) is 0.751. The van der Waals surface area contributed by atoms with Gasteiger partial charge in [-0.1, -0.05) is 30.0 Å². The molecule has 116 valence electrons. The third kappa shape index (κ3) is 4.04. The second-order valence-electron chi connectivity index (χ2n) is 4.42. The number of tetrazole rings is 1. The molecule has 1 aromatic heterocycles. The van der Waals surface area contributed by atoms with Crippen molar-refractivity contribution in [3.63, 3.8) is 0 Å². The predicted molar refractivity (Wildman–Crippen MR) is 81.6 cm³/mol. The number of hydrogen-bond donors (Lipinski definition) is 1. The maximum atomic E-state index is 12.0. The van der Waals surface area contributed by atoms with Crippen LogP contribution >= 0.6 is 11.8 Å². The second-order valence-corrected chi connectivity index (χ2v) is 5.36. The molecule has 0 saturated heterocycles. The molecule has 0 aliphatic heterocycles. The SMILES string of the molecule is CNC(=O)CN(C)C(=O)CSc1nnnn1-c1ccccc1. The predicted octanol–water partition coefficient (Wildman–Crippen LogP) is -0.0412. The lowest BCUT2D eigenvalue weighted by Gasteiger charge is -2.15. The summed E-state index contributed by atoms with van der Waals surface area (Å²) in [5, 5.41) is 14.5. The summed E-state index contributed by atoms with van der Waals surface area (Å²) in [5.74, 6) is -0.230. The molecule has 22 heavy (non-hydrogen) atoms. The lowest BCUT2D eigenvalue weighted by Crippen LogP contribution is -2.37. The van der Waals surface area contributed by atoms with E-state index in [1.165, 1.54) is 23.7 Å². The van der Waals surface area contributed by atoms with Gasteiger partial charge < -0.3 is 10.2 Å². The summed E-state index contributed by atoms with van der Waals surface area (Å²) in [6.45, 7) is 0.0273. The molecule has 0 radical (unpaired) electrons. The van der Waals surface area contributed by atoms with Crippen molar-refractivity contribution >= 4 is 23.6 Å². The molecule has 0 spiro atoms. The van der Waals surface area contributed by atoms with Gasteiger partial charge in [0.1, 0.15) is 0 Å². The zero-order valence-corrected chi connectivity index (χ0v) is 13.1. The summed E-state index contributed by atoms with van der Waals surface area (Å²) in [6, 6.07) is 9.42. The highest BCUT2D eigenvalue weighted by Crippen LogP contribution is 2.18. The number of thioether (sulfide) groups is 1. The standard InChI is InChI=1S/C13H16N6O2S/c1-14-11(20)8-18(2)12(21)9-22-13-15-16-17-19(13)10-6-4-3-5-7-10/h3-7H,8-9H2,1-2H3,(H,14,20). The molecule has 0 aliphatic rings. The molecule has 0 bridgehead atoms. The van der Waals surface area contributed by atoms with Crippen molar-refractivity contribution in [2.45, 2.75) is 5.16 Å². The van der Waals surface area contributed by atoms with Crippen LogP contribution in [0.15, 0.2) is 35.5 Å². The molecule has 0 aliphatic carbocycles. The first kappa shape index (κ1) is 16.0. The number of carbonyl (C=O) groups excluding carboxylic acids is 2. The molecular weight excluding hydrogens is 304 g/mol. The summed E-state index contributed by atoms with van der Waals surface area (Å²) < 4.78 is 1.57.